The van der Waals surface area contributed by atoms with Crippen molar-refractivity contribution >= 4 is 5.69 Å². The third-order valence-corrected chi connectivity index (χ3v) is 4.97. The van der Waals surface area contributed by atoms with E-state index in [4.69, 9.17) is 10.5 Å². The van der Waals surface area contributed by atoms with Crippen LogP contribution in [0.1, 0.15) is 102 Å². The maximum Gasteiger partial charge on any atom is 0.124 e. The first kappa shape index (κ1) is 21.9. The lowest BCUT2D eigenvalue weighted by Crippen LogP contribution is -1.99. The van der Waals surface area contributed by atoms with Gasteiger partial charge in [0.05, 0.1) is 6.61 Å². The van der Waals surface area contributed by atoms with E-state index < -0.39 is 0 Å². The van der Waals surface area contributed by atoms with Gasteiger partial charge in [-0.25, -0.2) is 0 Å². The highest BCUT2D eigenvalue weighted by atomic mass is 16.5. The average Bonchev–Trinajstić information content (AvgIpc) is 2.61. The molecule has 0 aliphatic heterocycles. The van der Waals surface area contributed by atoms with Crippen LogP contribution < -0.4 is 10.5 Å². The molecule has 0 unspecified atom stereocenters. The van der Waals surface area contributed by atoms with E-state index in [-0.39, 0.29) is 0 Å². The van der Waals surface area contributed by atoms with Crippen molar-refractivity contribution in [2.24, 2.45) is 0 Å². The number of hydrogen-bond donors (Lipinski definition) is 1. The van der Waals surface area contributed by atoms with Gasteiger partial charge in [0.1, 0.15) is 5.75 Å². The second kappa shape index (κ2) is 15.1. The molecule has 0 bridgehead atoms. The summed E-state index contributed by atoms with van der Waals surface area (Å²) in [5.74, 6) is 0.940. The molecule has 2 N–H and O–H groups in total. The second-order valence-corrected chi connectivity index (χ2v) is 7.47. The zero-order valence-electron chi connectivity index (χ0n) is 16.8. The normalized spacial score (nSPS) is 11.0. The maximum atomic E-state index is 5.84. The number of hydrogen-bond acceptors (Lipinski definition) is 2. The van der Waals surface area contributed by atoms with E-state index in [0.29, 0.717) is 0 Å². The van der Waals surface area contributed by atoms with E-state index in [2.05, 4.69) is 13.8 Å². The van der Waals surface area contributed by atoms with E-state index in [1.54, 1.807) is 0 Å². The van der Waals surface area contributed by atoms with Crippen LogP contribution in [-0.2, 0) is 0 Å². The van der Waals surface area contributed by atoms with Gasteiger partial charge in [-0.05, 0) is 25.0 Å². The predicted octanol–water partition coefficient (Wildman–Crippen LogP) is 7.44. The molecule has 2 nitrogen and oxygen atoms in total. The number of nitrogen functional groups attached to an aromatic ring is 1. The van der Waals surface area contributed by atoms with Gasteiger partial charge in [-0.3, -0.25) is 0 Å². The number of benzene rings is 1. The summed E-state index contributed by atoms with van der Waals surface area (Å²) in [6.45, 7) is 5.16. The third kappa shape index (κ3) is 11.9. The average molecular weight is 348 g/mol. The molecule has 0 heterocycles. The van der Waals surface area contributed by atoms with Crippen LogP contribution in [0.4, 0.5) is 5.69 Å². The van der Waals surface area contributed by atoms with Gasteiger partial charge >= 0.3 is 0 Å². The van der Waals surface area contributed by atoms with Crippen LogP contribution in [-0.4, -0.2) is 6.61 Å². The number of nitrogens with two attached hydrogens (primary N) is 1. The molecule has 0 atom stereocenters. The quantitative estimate of drug-likeness (QED) is 0.249. The van der Waals surface area contributed by atoms with Crippen LogP contribution in [0.3, 0.4) is 0 Å². The minimum absolute atomic E-state index is 0.779. The summed E-state index contributed by atoms with van der Waals surface area (Å²) in [6, 6.07) is 5.88. The Morgan fingerprint density at radius 2 is 1.20 bits per heavy atom. The summed E-state index contributed by atoms with van der Waals surface area (Å²) in [5, 5.41) is 0. The lowest BCUT2D eigenvalue weighted by molar-refractivity contribution is 0.302. The Labute approximate surface area is 156 Å². The molecule has 0 aliphatic rings. The topological polar surface area (TPSA) is 35.2 Å². The molecular weight excluding hydrogens is 306 g/mol. The van der Waals surface area contributed by atoms with E-state index in [1.807, 2.05) is 18.2 Å². The van der Waals surface area contributed by atoms with Gasteiger partial charge in [0.25, 0.3) is 0 Å². The summed E-state index contributed by atoms with van der Waals surface area (Å²) in [6.07, 6.45) is 19.4. The maximum absolute atomic E-state index is 5.84. The lowest BCUT2D eigenvalue weighted by Gasteiger charge is -2.09. The Kier molecular flexibility index (Phi) is 13.2. The Balaban J connectivity index is 1.82. The van der Waals surface area contributed by atoms with Gasteiger partial charge in [-0.2, -0.15) is 0 Å². The fraction of sp³-hybridized carbons (Fsp3) is 0.739. The number of rotatable bonds is 16. The molecule has 25 heavy (non-hydrogen) atoms. The lowest BCUT2D eigenvalue weighted by atomic mass is 10.0. The Bertz CT molecular complexity index is 430. The van der Waals surface area contributed by atoms with Gasteiger partial charge in [0, 0.05) is 11.8 Å². The fourth-order valence-electron chi connectivity index (χ4n) is 3.25. The smallest absolute Gasteiger partial charge is 0.124 e. The monoisotopic (exact) mass is 347 g/mol. The number of unbranched alkanes of at least 4 members (excludes halogenated alkanes) is 13. The van der Waals surface area contributed by atoms with Crippen molar-refractivity contribution in [1.82, 2.24) is 0 Å². The zero-order valence-corrected chi connectivity index (χ0v) is 16.8. The van der Waals surface area contributed by atoms with E-state index in [1.165, 1.54) is 89.0 Å². The standard InChI is InChI=1S/C23H41NO/c1-3-4-5-6-7-8-9-10-11-12-13-14-15-16-19-25-23-20-22(24)18-17-21(23)2/h17-18,20H,3-16,19,24H2,1-2H3. The van der Waals surface area contributed by atoms with Crippen LogP contribution >= 0.6 is 0 Å². The zero-order chi connectivity index (χ0) is 18.2. The third-order valence-electron chi connectivity index (χ3n) is 4.97. The van der Waals surface area contributed by atoms with Crippen LogP contribution in [0, 0.1) is 6.92 Å². The van der Waals surface area contributed by atoms with Gasteiger partial charge in [-0.1, -0.05) is 96.5 Å². The van der Waals surface area contributed by atoms with Crippen LogP contribution in [0.15, 0.2) is 18.2 Å². The highest BCUT2D eigenvalue weighted by Crippen LogP contribution is 2.21. The number of anilines is 1. The van der Waals surface area contributed by atoms with Crippen molar-refractivity contribution in [2.75, 3.05) is 12.3 Å². The van der Waals surface area contributed by atoms with Crippen molar-refractivity contribution in [2.45, 2.75) is 104 Å². The van der Waals surface area contributed by atoms with Crippen LogP contribution in [0.25, 0.3) is 0 Å². The molecular formula is C23H41NO. The summed E-state index contributed by atoms with van der Waals surface area (Å²) in [5.41, 5.74) is 7.75. The van der Waals surface area contributed by atoms with Crippen molar-refractivity contribution in [3.63, 3.8) is 0 Å². The Morgan fingerprint density at radius 3 is 1.72 bits per heavy atom. The molecule has 2 heteroatoms. The molecule has 0 radical (unpaired) electrons. The molecule has 1 rings (SSSR count). The van der Waals surface area contributed by atoms with Gasteiger partial charge in [0.15, 0.2) is 0 Å². The molecule has 0 aromatic heterocycles. The van der Waals surface area contributed by atoms with E-state index in [0.717, 1.165) is 24.5 Å². The fourth-order valence-corrected chi connectivity index (χ4v) is 3.25. The predicted molar refractivity (Wildman–Crippen MR) is 111 cm³/mol. The van der Waals surface area contributed by atoms with E-state index >= 15 is 0 Å². The van der Waals surface area contributed by atoms with Crippen molar-refractivity contribution in [3.05, 3.63) is 23.8 Å². The Morgan fingerprint density at radius 1 is 0.720 bits per heavy atom. The van der Waals surface area contributed by atoms with Crippen LogP contribution in [0.5, 0.6) is 5.75 Å². The highest BCUT2D eigenvalue weighted by Gasteiger charge is 2.00. The molecule has 0 saturated carbocycles. The molecule has 0 amide bonds. The molecule has 0 fully saturated rings. The highest BCUT2D eigenvalue weighted by molar-refractivity contribution is 5.47. The van der Waals surface area contributed by atoms with Crippen molar-refractivity contribution in [3.8, 4) is 5.75 Å². The summed E-state index contributed by atoms with van der Waals surface area (Å²) < 4.78 is 5.84. The number of ether oxygens (including phenoxy) is 1. The van der Waals surface area contributed by atoms with Crippen molar-refractivity contribution < 1.29 is 4.74 Å². The summed E-state index contributed by atoms with van der Waals surface area (Å²) in [7, 11) is 0. The second-order valence-electron chi connectivity index (χ2n) is 7.47. The Hall–Kier alpha value is -1.18. The first-order valence-corrected chi connectivity index (χ1v) is 10.7. The van der Waals surface area contributed by atoms with Gasteiger partial charge in [-0.15, -0.1) is 0 Å². The van der Waals surface area contributed by atoms with Crippen LogP contribution in [0.2, 0.25) is 0 Å². The first-order chi connectivity index (χ1) is 12.2. The van der Waals surface area contributed by atoms with Gasteiger partial charge < -0.3 is 10.5 Å². The van der Waals surface area contributed by atoms with Gasteiger partial charge in [0.2, 0.25) is 0 Å². The molecule has 0 saturated heterocycles. The SMILES string of the molecule is CCCCCCCCCCCCCCCCOc1cc(N)ccc1C. The molecule has 0 spiro atoms. The summed E-state index contributed by atoms with van der Waals surface area (Å²) in [4.78, 5) is 0. The molecule has 144 valence electrons. The molecule has 1 aromatic carbocycles. The number of aryl methyl sites for hydroxylation is 1. The van der Waals surface area contributed by atoms with E-state index in [9.17, 15) is 0 Å². The molecule has 0 aliphatic carbocycles. The summed E-state index contributed by atoms with van der Waals surface area (Å²) >= 11 is 0. The molecule has 1 aromatic rings. The largest absolute Gasteiger partial charge is 0.493 e. The minimum Gasteiger partial charge on any atom is -0.493 e. The first-order valence-electron chi connectivity index (χ1n) is 10.7. The van der Waals surface area contributed by atoms with Crippen molar-refractivity contribution in [1.29, 1.82) is 0 Å². The minimum atomic E-state index is 0.779.